The third-order valence-corrected chi connectivity index (χ3v) is 2.41. The molecule has 0 aliphatic heterocycles. The number of amides is 1. The molecule has 1 aromatic carbocycles. The zero-order chi connectivity index (χ0) is 15.5. The van der Waals surface area contributed by atoms with Gasteiger partial charge in [-0.2, -0.15) is 4.98 Å². The van der Waals surface area contributed by atoms with E-state index in [1.54, 1.807) is 39.0 Å². The van der Waals surface area contributed by atoms with Crippen LogP contribution >= 0.6 is 0 Å². The lowest BCUT2D eigenvalue weighted by Gasteiger charge is -2.19. The molecule has 0 unspecified atom stereocenters. The van der Waals surface area contributed by atoms with Crippen molar-refractivity contribution in [3.05, 3.63) is 30.2 Å². The van der Waals surface area contributed by atoms with E-state index >= 15 is 0 Å². The van der Waals surface area contributed by atoms with Gasteiger partial charge in [0.2, 0.25) is 11.7 Å². The summed E-state index contributed by atoms with van der Waals surface area (Å²) >= 11 is 0. The van der Waals surface area contributed by atoms with Crippen LogP contribution in [0.5, 0.6) is 0 Å². The fourth-order valence-electron chi connectivity index (χ4n) is 1.61. The summed E-state index contributed by atoms with van der Waals surface area (Å²) in [7, 11) is 0. The number of hydrogen-bond donors (Lipinski definition) is 2. The number of ether oxygens (including phenoxy) is 1. The number of anilines is 1. The van der Waals surface area contributed by atoms with Gasteiger partial charge in [0.05, 0.1) is 6.54 Å². The Bertz CT molecular complexity index is 631. The maximum Gasteiger partial charge on any atom is 0.412 e. The van der Waals surface area contributed by atoms with Crippen LogP contribution in [0, 0.1) is 0 Å². The minimum absolute atomic E-state index is 0.183. The van der Waals surface area contributed by atoms with Crippen molar-refractivity contribution in [1.29, 1.82) is 0 Å². The Hall–Kier alpha value is -2.41. The summed E-state index contributed by atoms with van der Waals surface area (Å²) in [5.41, 5.74) is 6.17. The molecule has 1 heterocycles. The van der Waals surface area contributed by atoms with E-state index in [0.29, 0.717) is 23.0 Å². The van der Waals surface area contributed by atoms with Crippen molar-refractivity contribution in [3.8, 4) is 11.4 Å². The Morgan fingerprint density at radius 2 is 2.19 bits per heavy atom. The van der Waals surface area contributed by atoms with E-state index in [2.05, 4.69) is 15.5 Å². The first-order chi connectivity index (χ1) is 9.87. The molecule has 3 N–H and O–H groups in total. The topological polar surface area (TPSA) is 103 Å². The summed E-state index contributed by atoms with van der Waals surface area (Å²) in [6.45, 7) is 5.59. The normalized spacial score (nSPS) is 11.2. The molecule has 0 aliphatic carbocycles. The minimum Gasteiger partial charge on any atom is -0.444 e. The lowest BCUT2D eigenvalue weighted by Crippen LogP contribution is -2.27. The Morgan fingerprint density at radius 3 is 2.81 bits per heavy atom. The summed E-state index contributed by atoms with van der Waals surface area (Å²) in [5.74, 6) is 0.777. The molecule has 1 aromatic heterocycles. The first kappa shape index (κ1) is 15.0. The van der Waals surface area contributed by atoms with Crippen molar-refractivity contribution >= 4 is 11.8 Å². The summed E-state index contributed by atoms with van der Waals surface area (Å²) in [6, 6.07) is 7.07. The van der Waals surface area contributed by atoms with Crippen molar-refractivity contribution in [3.63, 3.8) is 0 Å². The van der Waals surface area contributed by atoms with E-state index in [0.717, 1.165) is 0 Å². The molecule has 2 rings (SSSR count). The summed E-state index contributed by atoms with van der Waals surface area (Å²) < 4.78 is 10.1. The second kappa shape index (κ2) is 5.92. The SMILES string of the molecule is CC(C)(C)OC(=O)Nc1cccc(-c2noc(CN)n2)c1. The van der Waals surface area contributed by atoms with E-state index in [4.69, 9.17) is 15.0 Å². The quantitative estimate of drug-likeness (QED) is 0.900. The van der Waals surface area contributed by atoms with Gasteiger partial charge >= 0.3 is 6.09 Å². The molecule has 1 amide bonds. The Balaban J connectivity index is 2.12. The Morgan fingerprint density at radius 1 is 1.43 bits per heavy atom. The van der Waals surface area contributed by atoms with Crippen LogP contribution in [0.25, 0.3) is 11.4 Å². The van der Waals surface area contributed by atoms with E-state index < -0.39 is 11.7 Å². The fourth-order valence-corrected chi connectivity index (χ4v) is 1.61. The molecule has 112 valence electrons. The Labute approximate surface area is 122 Å². The monoisotopic (exact) mass is 290 g/mol. The van der Waals surface area contributed by atoms with Crippen LogP contribution in [0.15, 0.2) is 28.8 Å². The zero-order valence-corrected chi connectivity index (χ0v) is 12.2. The molecule has 21 heavy (non-hydrogen) atoms. The summed E-state index contributed by atoms with van der Waals surface area (Å²) in [6.07, 6.45) is -0.518. The summed E-state index contributed by atoms with van der Waals surface area (Å²) in [5, 5.41) is 6.48. The van der Waals surface area contributed by atoms with Gasteiger partial charge < -0.3 is 15.0 Å². The number of carbonyl (C=O) groups excluding carboxylic acids is 1. The lowest BCUT2D eigenvalue weighted by molar-refractivity contribution is 0.0636. The second-order valence-electron chi connectivity index (χ2n) is 5.42. The first-order valence-electron chi connectivity index (χ1n) is 6.50. The minimum atomic E-state index is -0.550. The predicted molar refractivity (Wildman–Crippen MR) is 77.5 cm³/mol. The molecule has 0 radical (unpaired) electrons. The highest BCUT2D eigenvalue weighted by Crippen LogP contribution is 2.20. The number of nitrogens with two attached hydrogens (primary N) is 1. The molecule has 7 nitrogen and oxygen atoms in total. The molecule has 0 spiro atoms. The van der Waals surface area contributed by atoms with Crippen LogP contribution in [0.3, 0.4) is 0 Å². The summed E-state index contributed by atoms with van der Waals surface area (Å²) in [4.78, 5) is 15.9. The molecule has 0 saturated carbocycles. The highest BCUT2D eigenvalue weighted by Gasteiger charge is 2.16. The molecule has 0 atom stereocenters. The average Bonchev–Trinajstić information content (AvgIpc) is 2.85. The number of nitrogens with zero attached hydrogens (tertiary/aromatic N) is 2. The number of carbonyl (C=O) groups is 1. The Kier molecular flexibility index (Phi) is 4.23. The van der Waals surface area contributed by atoms with Gasteiger partial charge in [0.15, 0.2) is 0 Å². The first-order valence-corrected chi connectivity index (χ1v) is 6.50. The van der Waals surface area contributed by atoms with Crippen molar-refractivity contribution in [2.45, 2.75) is 32.9 Å². The van der Waals surface area contributed by atoms with E-state index in [9.17, 15) is 4.79 Å². The van der Waals surface area contributed by atoms with Crippen LogP contribution < -0.4 is 11.1 Å². The number of nitrogens with one attached hydrogen (secondary N) is 1. The number of rotatable bonds is 3. The highest BCUT2D eigenvalue weighted by molar-refractivity contribution is 5.85. The number of benzene rings is 1. The maximum atomic E-state index is 11.7. The lowest BCUT2D eigenvalue weighted by atomic mass is 10.2. The molecule has 7 heteroatoms. The number of hydrogen-bond acceptors (Lipinski definition) is 6. The smallest absolute Gasteiger partial charge is 0.412 e. The van der Waals surface area contributed by atoms with Gasteiger partial charge in [0, 0.05) is 11.3 Å². The predicted octanol–water partition coefficient (Wildman–Crippen LogP) is 2.54. The van der Waals surface area contributed by atoms with Gasteiger partial charge in [-0.05, 0) is 32.9 Å². The third-order valence-electron chi connectivity index (χ3n) is 2.41. The molecule has 0 bridgehead atoms. The van der Waals surface area contributed by atoms with Crippen LogP contribution in [0.4, 0.5) is 10.5 Å². The van der Waals surface area contributed by atoms with Crippen LogP contribution in [-0.2, 0) is 11.3 Å². The highest BCUT2D eigenvalue weighted by atomic mass is 16.6. The standard InChI is InChI=1S/C14H18N4O3/c1-14(2,3)20-13(19)16-10-6-4-5-9(7-10)12-17-11(8-15)21-18-12/h4-7H,8,15H2,1-3H3,(H,16,19). The van der Waals surface area contributed by atoms with E-state index in [1.165, 1.54) is 0 Å². The zero-order valence-electron chi connectivity index (χ0n) is 12.2. The van der Waals surface area contributed by atoms with Crippen molar-refractivity contribution in [1.82, 2.24) is 10.1 Å². The van der Waals surface area contributed by atoms with Gasteiger partial charge in [0.25, 0.3) is 0 Å². The van der Waals surface area contributed by atoms with Gasteiger partial charge in [-0.25, -0.2) is 4.79 Å². The third kappa shape index (κ3) is 4.28. The largest absolute Gasteiger partial charge is 0.444 e. The molecule has 0 fully saturated rings. The molecule has 2 aromatic rings. The van der Waals surface area contributed by atoms with E-state index in [1.807, 2.05) is 6.07 Å². The van der Waals surface area contributed by atoms with Gasteiger partial charge in [-0.15, -0.1) is 0 Å². The van der Waals surface area contributed by atoms with Crippen molar-refractivity contribution < 1.29 is 14.1 Å². The van der Waals surface area contributed by atoms with Gasteiger partial charge in [0.1, 0.15) is 5.60 Å². The molecular formula is C14H18N4O3. The second-order valence-corrected chi connectivity index (χ2v) is 5.42. The number of aromatic nitrogens is 2. The molecule has 0 aliphatic rings. The van der Waals surface area contributed by atoms with Crippen LogP contribution in [0.1, 0.15) is 26.7 Å². The molecular weight excluding hydrogens is 272 g/mol. The van der Waals surface area contributed by atoms with E-state index in [-0.39, 0.29) is 6.54 Å². The maximum absolute atomic E-state index is 11.7. The van der Waals surface area contributed by atoms with Gasteiger partial charge in [-0.1, -0.05) is 17.3 Å². The molecule has 0 saturated heterocycles. The van der Waals surface area contributed by atoms with Gasteiger partial charge in [-0.3, -0.25) is 5.32 Å². The van der Waals surface area contributed by atoms with Crippen molar-refractivity contribution in [2.75, 3.05) is 5.32 Å². The van der Waals surface area contributed by atoms with Crippen LogP contribution in [0.2, 0.25) is 0 Å². The van der Waals surface area contributed by atoms with Crippen molar-refractivity contribution in [2.24, 2.45) is 5.73 Å². The average molecular weight is 290 g/mol. The fraction of sp³-hybridized carbons (Fsp3) is 0.357. The van der Waals surface area contributed by atoms with Crippen LogP contribution in [-0.4, -0.2) is 21.8 Å².